The first-order valence-electron chi connectivity index (χ1n) is 8.72. The van der Waals surface area contributed by atoms with Crippen molar-refractivity contribution in [2.45, 2.75) is 32.0 Å². The zero-order chi connectivity index (χ0) is 19.2. The van der Waals surface area contributed by atoms with Crippen molar-refractivity contribution in [2.24, 2.45) is 0 Å². The Bertz CT molecular complexity index is 820. The maximum atomic E-state index is 12.2. The molecule has 1 unspecified atom stereocenters. The number of nitrogens with zero attached hydrogens (tertiary/aromatic N) is 3. The van der Waals surface area contributed by atoms with Gasteiger partial charge in [-0.1, -0.05) is 6.07 Å². The van der Waals surface area contributed by atoms with Crippen LogP contribution in [0.4, 0.5) is 0 Å². The molecule has 1 aliphatic heterocycles. The van der Waals surface area contributed by atoms with Crippen LogP contribution in [0.25, 0.3) is 0 Å². The van der Waals surface area contributed by atoms with Gasteiger partial charge >= 0.3 is 0 Å². The van der Waals surface area contributed by atoms with Gasteiger partial charge < -0.3 is 20.1 Å². The molecule has 2 N–H and O–H groups in total. The molecular formula is C18H23N5O4. The van der Waals surface area contributed by atoms with Crippen molar-refractivity contribution < 1.29 is 19.1 Å². The molecule has 27 heavy (non-hydrogen) atoms. The second-order valence-electron chi connectivity index (χ2n) is 6.28. The summed E-state index contributed by atoms with van der Waals surface area (Å²) in [7, 11) is 3.14. The molecular weight excluding hydrogens is 350 g/mol. The molecule has 1 aromatic heterocycles. The number of methoxy groups -OCH3 is 2. The van der Waals surface area contributed by atoms with E-state index in [4.69, 9.17) is 9.47 Å². The SMILES string of the molecule is COCc1nc2n(n1)CC(NC(=O)CNC(=O)c1cccc(OC)c1)CC2. The number of ether oxygens (including phenoxy) is 2. The molecule has 0 saturated carbocycles. The Labute approximate surface area is 157 Å². The number of rotatable bonds is 7. The number of aryl methyl sites for hydroxylation is 1. The van der Waals surface area contributed by atoms with Crippen molar-refractivity contribution in [3.63, 3.8) is 0 Å². The van der Waals surface area contributed by atoms with E-state index in [9.17, 15) is 9.59 Å². The number of aromatic nitrogens is 3. The zero-order valence-electron chi connectivity index (χ0n) is 15.4. The summed E-state index contributed by atoms with van der Waals surface area (Å²) in [6.45, 7) is 0.834. The Morgan fingerprint density at radius 3 is 2.96 bits per heavy atom. The van der Waals surface area contributed by atoms with Crippen molar-refractivity contribution in [3.05, 3.63) is 41.5 Å². The van der Waals surface area contributed by atoms with Gasteiger partial charge in [-0.3, -0.25) is 9.59 Å². The zero-order valence-corrected chi connectivity index (χ0v) is 15.4. The highest BCUT2D eigenvalue weighted by Gasteiger charge is 2.23. The van der Waals surface area contributed by atoms with Crippen LogP contribution < -0.4 is 15.4 Å². The predicted octanol–water partition coefficient (Wildman–Crippen LogP) is 0.294. The fourth-order valence-corrected chi connectivity index (χ4v) is 2.97. The molecule has 0 fully saturated rings. The summed E-state index contributed by atoms with van der Waals surface area (Å²) in [5.41, 5.74) is 0.442. The minimum atomic E-state index is -0.324. The number of benzene rings is 1. The van der Waals surface area contributed by atoms with E-state index in [1.807, 2.05) is 0 Å². The lowest BCUT2D eigenvalue weighted by Crippen LogP contribution is -2.45. The van der Waals surface area contributed by atoms with E-state index in [1.54, 1.807) is 36.1 Å². The van der Waals surface area contributed by atoms with Gasteiger partial charge in [0.15, 0.2) is 5.82 Å². The maximum absolute atomic E-state index is 12.2. The molecule has 0 spiro atoms. The van der Waals surface area contributed by atoms with E-state index in [0.717, 1.165) is 18.7 Å². The van der Waals surface area contributed by atoms with Gasteiger partial charge in [-0.25, -0.2) is 9.67 Å². The van der Waals surface area contributed by atoms with Crippen molar-refractivity contribution in [1.82, 2.24) is 25.4 Å². The van der Waals surface area contributed by atoms with Crippen LogP contribution in [0.3, 0.4) is 0 Å². The average molecular weight is 373 g/mol. The summed E-state index contributed by atoms with van der Waals surface area (Å²) in [5, 5.41) is 9.93. The van der Waals surface area contributed by atoms with Gasteiger partial charge in [0, 0.05) is 25.1 Å². The lowest BCUT2D eigenvalue weighted by Gasteiger charge is -2.23. The highest BCUT2D eigenvalue weighted by Crippen LogP contribution is 2.14. The molecule has 1 aromatic carbocycles. The number of nitrogens with one attached hydrogen (secondary N) is 2. The minimum Gasteiger partial charge on any atom is -0.497 e. The Hall–Kier alpha value is -2.94. The molecule has 144 valence electrons. The first kappa shape index (κ1) is 18.8. The van der Waals surface area contributed by atoms with E-state index in [-0.39, 0.29) is 24.4 Å². The van der Waals surface area contributed by atoms with Gasteiger partial charge in [0.1, 0.15) is 18.2 Å². The van der Waals surface area contributed by atoms with Crippen molar-refractivity contribution in [2.75, 3.05) is 20.8 Å². The van der Waals surface area contributed by atoms with Crippen LogP contribution in [-0.2, 0) is 29.1 Å². The summed E-state index contributed by atoms with van der Waals surface area (Å²) < 4.78 is 11.9. The Morgan fingerprint density at radius 2 is 2.19 bits per heavy atom. The summed E-state index contributed by atoms with van der Waals surface area (Å²) in [6.07, 6.45) is 1.51. The number of amides is 2. The number of hydrogen-bond acceptors (Lipinski definition) is 6. The van der Waals surface area contributed by atoms with Crippen molar-refractivity contribution in [3.8, 4) is 5.75 Å². The highest BCUT2D eigenvalue weighted by atomic mass is 16.5. The maximum Gasteiger partial charge on any atom is 0.251 e. The predicted molar refractivity (Wildman–Crippen MR) is 96.3 cm³/mol. The largest absolute Gasteiger partial charge is 0.497 e. The summed E-state index contributed by atoms with van der Waals surface area (Å²) >= 11 is 0. The molecule has 2 amide bonds. The van der Waals surface area contributed by atoms with Gasteiger partial charge in [0.25, 0.3) is 5.91 Å². The monoisotopic (exact) mass is 373 g/mol. The van der Waals surface area contributed by atoms with Gasteiger partial charge in [0.05, 0.1) is 20.2 Å². The number of carbonyl (C=O) groups is 2. The topological polar surface area (TPSA) is 107 Å². The second-order valence-corrected chi connectivity index (χ2v) is 6.28. The fraction of sp³-hybridized carbons (Fsp3) is 0.444. The van der Waals surface area contributed by atoms with Crippen LogP contribution in [0.5, 0.6) is 5.75 Å². The van der Waals surface area contributed by atoms with E-state index >= 15 is 0 Å². The lowest BCUT2D eigenvalue weighted by atomic mass is 10.1. The van der Waals surface area contributed by atoms with Crippen LogP contribution in [0.15, 0.2) is 24.3 Å². The summed E-state index contributed by atoms with van der Waals surface area (Å²) in [4.78, 5) is 28.7. The minimum absolute atomic E-state index is 0.0455. The Morgan fingerprint density at radius 1 is 1.33 bits per heavy atom. The Kier molecular flexibility index (Phi) is 6.02. The molecule has 0 saturated heterocycles. The lowest BCUT2D eigenvalue weighted by molar-refractivity contribution is -0.121. The van der Waals surface area contributed by atoms with E-state index in [1.165, 1.54) is 7.11 Å². The molecule has 2 aromatic rings. The summed E-state index contributed by atoms with van der Waals surface area (Å²) in [5.74, 6) is 1.57. The molecule has 9 heteroatoms. The first-order chi connectivity index (χ1) is 13.1. The molecule has 2 heterocycles. The fourth-order valence-electron chi connectivity index (χ4n) is 2.97. The van der Waals surface area contributed by atoms with Crippen LogP contribution in [0.1, 0.15) is 28.4 Å². The van der Waals surface area contributed by atoms with E-state index < -0.39 is 0 Å². The number of carbonyl (C=O) groups excluding carboxylic acids is 2. The molecule has 9 nitrogen and oxygen atoms in total. The van der Waals surface area contributed by atoms with Crippen LogP contribution in [0.2, 0.25) is 0 Å². The smallest absolute Gasteiger partial charge is 0.251 e. The van der Waals surface area contributed by atoms with Crippen molar-refractivity contribution in [1.29, 1.82) is 0 Å². The van der Waals surface area contributed by atoms with Gasteiger partial charge in [-0.05, 0) is 24.6 Å². The molecule has 0 aliphatic carbocycles. The molecule has 3 rings (SSSR count). The Balaban J connectivity index is 1.48. The highest BCUT2D eigenvalue weighted by molar-refractivity contribution is 5.96. The van der Waals surface area contributed by atoms with E-state index in [2.05, 4.69) is 20.7 Å². The first-order valence-corrected chi connectivity index (χ1v) is 8.72. The van der Waals surface area contributed by atoms with Crippen LogP contribution in [-0.4, -0.2) is 53.4 Å². The molecule has 0 radical (unpaired) electrons. The third-order valence-corrected chi connectivity index (χ3v) is 4.28. The van der Waals surface area contributed by atoms with E-state index in [0.29, 0.717) is 30.3 Å². The number of hydrogen-bond donors (Lipinski definition) is 2. The van der Waals surface area contributed by atoms with Crippen LogP contribution >= 0.6 is 0 Å². The molecule has 1 aliphatic rings. The normalized spacial score (nSPS) is 15.7. The second kappa shape index (κ2) is 8.63. The number of fused-ring (bicyclic) bond motifs is 1. The van der Waals surface area contributed by atoms with Crippen molar-refractivity contribution >= 4 is 11.8 Å². The van der Waals surface area contributed by atoms with Gasteiger partial charge in [-0.2, -0.15) is 5.10 Å². The third kappa shape index (κ3) is 4.82. The third-order valence-electron chi connectivity index (χ3n) is 4.28. The molecule has 1 atom stereocenters. The van der Waals surface area contributed by atoms with Gasteiger partial charge in [0.2, 0.25) is 5.91 Å². The standard InChI is InChI=1S/C18H23N5O4/c1-26-11-15-21-16-7-6-13(10-23(16)22-15)20-17(24)9-19-18(25)12-4-3-5-14(8-12)27-2/h3-5,8,13H,6-7,9-11H2,1-2H3,(H,19,25)(H,20,24). The quantitative estimate of drug-likeness (QED) is 0.723. The van der Waals surface area contributed by atoms with Gasteiger partial charge in [-0.15, -0.1) is 0 Å². The summed E-state index contributed by atoms with van der Waals surface area (Å²) in [6, 6.07) is 6.72. The average Bonchev–Trinajstić information content (AvgIpc) is 3.08. The molecule has 0 bridgehead atoms. The van der Waals surface area contributed by atoms with Crippen LogP contribution in [0, 0.1) is 0 Å².